The molecule has 27 heavy (non-hydrogen) atoms. The van der Waals surface area contributed by atoms with E-state index in [0.29, 0.717) is 0 Å². The van der Waals surface area contributed by atoms with E-state index in [2.05, 4.69) is 15.3 Å². The molecule has 1 heterocycles. The van der Waals surface area contributed by atoms with Crippen molar-refractivity contribution in [1.29, 1.82) is 10.5 Å². The minimum absolute atomic E-state index is 0.0790. The normalized spacial score (nSPS) is 10.6. The standard InChI is InChI=1S/C15H10F3N7O2/c16-15(17,18)10-2-1-3-11(8-10)23-13-12(25(26)27)14(22-9-21-13)24(6-4-19)7-5-20/h1-3,8-9H,6-7H2,(H,21,22,23). The highest BCUT2D eigenvalue weighted by atomic mass is 19.4. The van der Waals surface area contributed by atoms with Gasteiger partial charge in [0.05, 0.1) is 22.6 Å². The molecule has 0 unspecified atom stereocenters. The molecule has 0 bridgehead atoms. The fraction of sp³-hybridized carbons (Fsp3) is 0.200. The van der Waals surface area contributed by atoms with Crippen LogP contribution in [0.4, 0.5) is 36.2 Å². The molecule has 9 nitrogen and oxygen atoms in total. The van der Waals surface area contributed by atoms with Crippen LogP contribution in [0, 0.1) is 32.8 Å². The summed E-state index contributed by atoms with van der Waals surface area (Å²) in [6.45, 7) is -0.706. The highest BCUT2D eigenvalue weighted by Gasteiger charge is 2.31. The van der Waals surface area contributed by atoms with Crippen molar-refractivity contribution < 1.29 is 18.1 Å². The molecule has 0 fully saturated rings. The van der Waals surface area contributed by atoms with Crippen molar-refractivity contribution in [1.82, 2.24) is 9.97 Å². The van der Waals surface area contributed by atoms with Crippen LogP contribution in [0.25, 0.3) is 0 Å². The van der Waals surface area contributed by atoms with Crippen molar-refractivity contribution in [2.75, 3.05) is 23.3 Å². The predicted octanol–water partition coefficient (Wildman–Crippen LogP) is 3.00. The summed E-state index contributed by atoms with van der Waals surface area (Å²) >= 11 is 0. The van der Waals surface area contributed by atoms with Crippen LogP contribution >= 0.6 is 0 Å². The van der Waals surface area contributed by atoms with Crippen molar-refractivity contribution in [2.45, 2.75) is 6.18 Å². The fourth-order valence-electron chi connectivity index (χ4n) is 2.15. The number of nitrogens with zero attached hydrogens (tertiary/aromatic N) is 6. The summed E-state index contributed by atoms with van der Waals surface area (Å²) in [5.41, 5.74) is -1.69. The highest BCUT2D eigenvalue weighted by molar-refractivity contribution is 5.74. The average Bonchev–Trinajstić information content (AvgIpc) is 2.60. The number of nitrogens with one attached hydrogen (secondary N) is 1. The second-order valence-electron chi connectivity index (χ2n) is 5.03. The quantitative estimate of drug-likeness (QED) is 0.462. The lowest BCUT2D eigenvalue weighted by molar-refractivity contribution is -0.383. The zero-order valence-corrected chi connectivity index (χ0v) is 13.4. The number of nitro groups is 1. The van der Waals surface area contributed by atoms with Gasteiger partial charge in [0.1, 0.15) is 19.4 Å². The molecule has 1 N–H and O–H groups in total. The largest absolute Gasteiger partial charge is 0.416 e. The van der Waals surface area contributed by atoms with Gasteiger partial charge in [0.2, 0.25) is 11.6 Å². The van der Waals surface area contributed by atoms with Crippen molar-refractivity contribution in [3.05, 3.63) is 46.3 Å². The molecule has 0 saturated carbocycles. The Morgan fingerprint density at radius 2 is 1.89 bits per heavy atom. The monoisotopic (exact) mass is 377 g/mol. The maximum Gasteiger partial charge on any atom is 0.416 e. The van der Waals surface area contributed by atoms with Gasteiger partial charge in [0.15, 0.2) is 0 Å². The van der Waals surface area contributed by atoms with Crippen LogP contribution in [0.1, 0.15) is 5.56 Å². The number of alkyl halides is 3. The Kier molecular flexibility index (Phi) is 5.72. The molecule has 0 aliphatic rings. The Morgan fingerprint density at radius 1 is 1.22 bits per heavy atom. The van der Waals surface area contributed by atoms with E-state index >= 15 is 0 Å². The molecule has 0 spiro atoms. The van der Waals surface area contributed by atoms with Crippen molar-refractivity contribution in [2.24, 2.45) is 0 Å². The van der Waals surface area contributed by atoms with Crippen LogP contribution in [0.5, 0.6) is 0 Å². The maximum absolute atomic E-state index is 12.8. The van der Waals surface area contributed by atoms with E-state index in [1.165, 1.54) is 6.07 Å². The number of aromatic nitrogens is 2. The Balaban J connectivity index is 2.50. The number of hydrogen-bond donors (Lipinski definition) is 1. The molecule has 2 rings (SSSR count). The Hall–Kier alpha value is -3.93. The van der Waals surface area contributed by atoms with Gasteiger partial charge in [-0.05, 0) is 18.2 Å². The SMILES string of the molecule is N#CCN(CC#N)c1ncnc(Nc2cccc(C(F)(F)F)c2)c1[N+](=O)[O-]. The molecule has 0 aliphatic carbocycles. The van der Waals surface area contributed by atoms with E-state index in [0.717, 1.165) is 29.4 Å². The summed E-state index contributed by atoms with van der Waals surface area (Å²) in [5, 5.41) is 31.6. The van der Waals surface area contributed by atoms with Crippen molar-refractivity contribution in [3.8, 4) is 12.1 Å². The summed E-state index contributed by atoms with van der Waals surface area (Å²) in [5.74, 6) is -0.669. The zero-order chi connectivity index (χ0) is 20.0. The highest BCUT2D eigenvalue weighted by Crippen LogP contribution is 2.35. The van der Waals surface area contributed by atoms with Crippen LogP contribution < -0.4 is 10.2 Å². The lowest BCUT2D eigenvalue weighted by atomic mass is 10.2. The van der Waals surface area contributed by atoms with E-state index in [1.807, 2.05) is 0 Å². The Morgan fingerprint density at radius 3 is 2.44 bits per heavy atom. The summed E-state index contributed by atoms with van der Waals surface area (Å²) in [7, 11) is 0. The van der Waals surface area contributed by atoms with Crippen molar-refractivity contribution in [3.63, 3.8) is 0 Å². The molecule has 0 atom stereocenters. The van der Waals surface area contributed by atoms with Gasteiger partial charge in [-0.1, -0.05) is 6.07 Å². The van der Waals surface area contributed by atoms with Gasteiger partial charge in [-0.15, -0.1) is 0 Å². The van der Waals surface area contributed by atoms with Crippen LogP contribution in [-0.2, 0) is 6.18 Å². The molecule has 0 saturated heterocycles. The summed E-state index contributed by atoms with van der Waals surface area (Å²) in [4.78, 5) is 19.2. The predicted molar refractivity (Wildman–Crippen MR) is 86.9 cm³/mol. The maximum atomic E-state index is 12.8. The van der Waals surface area contributed by atoms with Gasteiger partial charge < -0.3 is 10.2 Å². The minimum Gasteiger partial charge on any atom is -0.334 e. The van der Waals surface area contributed by atoms with Gasteiger partial charge >= 0.3 is 11.9 Å². The molecule has 12 heteroatoms. The minimum atomic E-state index is -4.59. The lowest BCUT2D eigenvalue weighted by Gasteiger charge is -2.17. The van der Waals surface area contributed by atoms with Crippen LogP contribution in [0.3, 0.4) is 0 Å². The van der Waals surface area contributed by atoms with E-state index < -0.39 is 22.4 Å². The van der Waals surface area contributed by atoms with E-state index in [1.54, 1.807) is 12.1 Å². The van der Waals surface area contributed by atoms with Gasteiger partial charge in [-0.25, -0.2) is 9.97 Å². The second-order valence-corrected chi connectivity index (χ2v) is 5.03. The van der Waals surface area contributed by atoms with Crippen LogP contribution in [0.2, 0.25) is 0 Å². The fourth-order valence-corrected chi connectivity index (χ4v) is 2.15. The van der Waals surface area contributed by atoms with E-state index in [9.17, 15) is 23.3 Å². The van der Waals surface area contributed by atoms with Gasteiger partial charge in [0, 0.05) is 5.69 Å². The van der Waals surface area contributed by atoms with Crippen LogP contribution in [0.15, 0.2) is 30.6 Å². The summed E-state index contributed by atoms with van der Waals surface area (Å²) < 4.78 is 38.5. The first-order chi connectivity index (χ1) is 12.8. The first-order valence-corrected chi connectivity index (χ1v) is 7.20. The third kappa shape index (κ3) is 4.58. The summed E-state index contributed by atoms with van der Waals surface area (Å²) in [6.07, 6.45) is -3.64. The average molecular weight is 377 g/mol. The number of halogens is 3. The summed E-state index contributed by atoms with van der Waals surface area (Å²) in [6, 6.07) is 7.56. The number of benzene rings is 1. The smallest absolute Gasteiger partial charge is 0.334 e. The molecule has 138 valence electrons. The molecular weight excluding hydrogens is 367 g/mol. The third-order valence-electron chi connectivity index (χ3n) is 3.26. The van der Waals surface area contributed by atoms with E-state index in [-0.39, 0.29) is 30.4 Å². The first kappa shape index (κ1) is 19.4. The molecule has 0 amide bonds. The number of hydrogen-bond acceptors (Lipinski definition) is 8. The van der Waals surface area contributed by atoms with E-state index in [4.69, 9.17) is 10.5 Å². The van der Waals surface area contributed by atoms with Crippen LogP contribution in [-0.4, -0.2) is 28.0 Å². The van der Waals surface area contributed by atoms with Gasteiger partial charge in [0.25, 0.3) is 0 Å². The number of nitriles is 2. The van der Waals surface area contributed by atoms with Gasteiger partial charge in [-0.2, -0.15) is 23.7 Å². The lowest BCUT2D eigenvalue weighted by Crippen LogP contribution is -2.26. The molecule has 0 aliphatic heterocycles. The molecule has 1 aromatic heterocycles. The zero-order valence-electron chi connectivity index (χ0n) is 13.4. The Labute approximate surface area is 150 Å². The first-order valence-electron chi connectivity index (χ1n) is 7.20. The topological polar surface area (TPSA) is 132 Å². The molecule has 0 radical (unpaired) electrons. The molecular formula is C15H10F3N7O2. The van der Waals surface area contributed by atoms with Gasteiger partial charge in [-0.3, -0.25) is 10.1 Å². The molecule has 1 aromatic carbocycles. The number of anilines is 3. The third-order valence-corrected chi connectivity index (χ3v) is 3.26. The Bertz CT molecular complexity index is 918. The molecule has 2 aromatic rings. The second kappa shape index (κ2) is 7.97. The van der Waals surface area contributed by atoms with Crippen molar-refractivity contribution >= 4 is 23.0 Å². The number of rotatable bonds is 6.